The van der Waals surface area contributed by atoms with Crippen molar-refractivity contribution in [3.05, 3.63) is 58.5 Å². The maximum atomic E-state index is 10.9. The lowest BCUT2D eigenvalue weighted by molar-refractivity contribution is -0.109. The second-order valence-corrected chi connectivity index (χ2v) is 10.9. The van der Waals surface area contributed by atoms with E-state index in [9.17, 15) is 4.79 Å². The van der Waals surface area contributed by atoms with Crippen LogP contribution in [0.4, 0.5) is 0 Å². The Morgan fingerprint density at radius 2 is 1.89 bits per heavy atom. The van der Waals surface area contributed by atoms with Crippen LogP contribution in [0.3, 0.4) is 0 Å². The van der Waals surface area contributed by atoms with Crippen LogP contribution in [-0.2, 0) is 4.79 Å². The highest BCUT2D eigenvalue weighted by atomic mass is 35.5. The maximum Gasteiger partial charge on any atom is 0.211 e. The Kier molecular flexibility index (Phi) is 10.5. The Bertz CT molecular complexity index is 945. The highest BCUT2D eigenvalue weighted by molar-refractivity contribution is 6.31. The molecule has 1 aliphatic heterocycles. The van der Waals surface area contributed by atoms with Crippen molar-refractivity contribution in [2.24, 2.45) is 10.9 Å². The molecule has 3 atom stereocenters. The first-order valence-electron chi connectivity index (χ1n) is 14.1. The van der Waals surface area contributed by atoms with Gasteiger partial charge in [-0.3, -0.25) is 9.79 Å². The van der Waals surface area contributed by atoms with Crippen molar-refractivity contribution in [3.8, 4) is 0 Å². The van der Waals surface area contributed by atoms with Gasteiger partial charge in [0.2, 0.25) is 6.41 Å². The molecule has 0 aromatic rings. The fraction of sp³-hybridized carbons (Fsp3) is 0.600. The molecule has 4 aliphatic rings. The summed E-state index contributed by atoms with van der Waals surface area (Å²) in [5.41, 5.74) is 6.40. The minimum atomic E-state index is 0.256. The summed E-state index contributed by atoms with van der Waals surface area (Å²) in [5.74, 6) is 0.322. The molecule has 3 N–H and O–H groups in total. The molecule has 0 saturated carbocycles. The second kappa shape index (κ2) is 14.0. The van der Waals surface area contributed by atoms with Gasteiger partial charge in [-0.15, -0.1) is 0 Å². The molecule has 36 heavy (non-hydrogen) atoms. The van der Waals surface area contributed by atoms with Gasteiger partial charge in [0.1, 0.15) is 0 Å². The molecule has 0 bridgehead atoms. The third-order valence-electron chi connectivity index (χ3n) is 7.98. The van der Waals surface area contributed by atoms with Gasteiger partial charge < -0.3 is 16.0 Å². The van der Waals surface area contributed by atoms with Gasteiger partial charge in [0.15, 0.2) is 0 Å². The van der Waals surface area contributed by atoms with Crippen molar-refractivity contribution in [2.45, 2.75) is 95.6 Å². The van der Waals surface area contributed by atoms with Crippen LogP contribution in [0, 0.1) is 5.92 Å². The molecule has 4 rings (SSSR count). The highest BCUT2D eigenvalue weighted by Gasteiger charge is 2.34. The third-order valence-corrected chi connectivity index (χ3v) is 8.23. The lowest BCUT2D eigenvalue weighted by Gasteiger charge is -2.38. The van der Waals surface area contributed by atoms with E-state index in [0.29, 0.717) is 12.0 Å². The Morgan fingerprint density at radius 3 is 2.72 bits per heavy atom. The molecule has 196 valence electrons. The molecule has 3 unspecified atom stereocenters. The van der Waals surface area contributed by atoms with E-state index >= 15 is 0 Å². The van der Waals surface area contributed by atoms with E-state index in [4.69, 9.17) is 16.6 Å². The van der Waals surface area contributed by atoms with Gasteiger partial charge >= 0.3 is 0 Å². The van der Waals surface area contributed by atoms with Gasteiger partial charge in [-0.1, -0.05) is 56.0 Å². The molecule has 5 nitrogen and oxygen atoms in total. The van der Waals surface area contributed by atoms with Crippen LogP contribution in [0.15, 0.2) is 63.4 Å². The molecule has 0 spiro atoms. The molecule has 1 amide bonds. The lowest BCUT2D eigenvalue weighted by atomic mass is 9.78. The molecule has 3 aliphatic carbocycles. The number of fused-ring (bicyclic) bond motifs is 1. The maximum absolute atomic E-state index is 10.9. The van der Waals surface area contributed by atoms with Gasteiger partial charge in [0, 0.05) is 40.6 Å². The van der Waals surface area contributed by atoms with E-state index in [1.807, 2.05) is 12.2 Å². The van der Waals surface area contributed by atoms with E-state index in [1.165, 1.54) is 61.9 Å². The lowest BCUT2D eigenvalue weighted by Crippen LogP contribution is -2.45. The van der Waals surface area contributed by atoms with E-state index in [1.54, 1.807) is 0 Å². The second-order valence-electron chi connectivity index (χ2n) is 10.5. The molecule has 0 saturated heterocycles. The van der Waals surface area contributed by atoms with Gasteiger partial charge in [-0.25, -0.2) is 0 Å². The normalized spacial score (nSPS) is 26.8. The predicted molar refractivity (Wildman–Crippen MR) is 151 cm³/mol. The first kappa shape index (κ1) is 26.9. The summed E-state index contributed by atoms with van der Waals surface area (Å²) < 4.78 is 0. The molecule has 6 heteroatoms. The van der Waals surface area contributed by atoms with Crippen molar-refractivity contribution in [3.63, 3.8) is 0 Å². The monoisotopic (exact) mass is 510 g/mol. The highest BCUT2D eigenvalue weighted by Crippen LogP contribution is 2.35. The van der Waals surface area contributed by atoms with E-state index in [2.05, 4.69) is 34.7 Å². The largest absolute Gasteiger partial charge is 0.381 e. The summed E-state index contributed by atoms with van der Waals surface area (Å²) in [6.07, 6.45) is 24.5. The van der Waals surface area contributed by atoms with Crippen molar-refractivity contribution in [1.82, 2.24) is 16.0 Å². The summed E-state index contributed by atoms with van der Waals surface area (Å²) in [6, 6.07) is 0.573. The van der Waals surface area contributed by atoms with E-state index < -0.39 is 0 Å². The SMILES string of the molecule is C=CC1=C(NC=O)CCCC1NCCCCCCCCN=C1C2=C(CCCC2)NC2C=C(Cl)C=CC12. The first-order valence-corrected chi connectivity index (χ1v) is 14.5. The fourth-order valence-corrected chi connectivity index (χ4v) is 6.31. The number of nitrogens with one attached hydrogen (secondary N) is 3. The Hall–Kier alpha value is -2.11. The molecule has 0 radical (unpaired) electrons. The van der Waals surface area contributed by atoms with Crippen LogP contribution in [0.5, 0.6) is 0 Å². The minimum absolute atomic E-state index is 0.256. The van der Waals surface area contributed by atoms with Crippen LogP contribution in [-0.4, -0.2) is 37.3 Å². The van der Waals surface area contributed by atoms with Crippen LogP contribution < -0.4 is 16.0 Å². The topological polar surface area (TPSA) is 65.5 Å². The number of carbonyl (C=O) groups is 1. The average Bonchev–Trinajstić information content (AvgIpc) is 2.89. The Morgan fingerprint density at radius 1 is 1.08 bits per heavy atom. The number of allylic oxidation sites excluding steroid dienone is 5. The van der Waals surface area contributed by atoms with Gasteiger partial charge in [0.25, 0.3) is 0 Å². The van der Waals surface area contributed by atoms with Crippen molar-refractivity contribution in [1.29, 1.82) is 0 Å². The minimum Gasteiger partial charge on any atom is -0.381 e. The zero-order valence-corrected chi connectivity index (χ0v) is 22.4. The standard InChI is InChI=1S/C30H43ClN4O/c1-2-23-26(14-11-15-27(23)34-21-36)32-18-9-5-3-4-6-10-19-33-30-24-12-7-8-13-28(24)35-29-20-22(31)16-17-25(29)30/h2,16-17,20-21,25-26,29,32,35H,1,3-15,18-19H2,(H,34,36). The summed E-state index contributed by atoms with van der Waals surface area (Å²) in [6.45, 7) is 5.90. The number of halogens is 1. The van der Waals surface area contributed by atoms with Crippen molar-refractivity contribution in [2.75, 3.05) is 13.1 Å². The molecule has 1 heterocycles. The van der Waals surface area contributed by atoms with Crippen molar-refractivity contribution < 1.29 is 4.79 Å². The van der Waals surface area contributed by atoms with Crippen LogP contribution >= 0.6 is 11.6 Å². The molecule has 0 fully saturated rings. The number of rotatable bonds is 13. The average molecular weight is 511 g/mol. The number of amides is 1. The Balaban J connectivity index is 1.14. The van der Waals surface area contributed by atoms with Crippen LogP contribution in [0.2, 0.25) is 0 Å². The summed E-state index contributed by atoms with van der Waals surface area (Å²) in [4.78, 5) is 16.0. The van der Waals surface area contributed by atoms with Crippen molar-refractivity contribution >= 4 is 23.7 Å². The molecule has 0 aromatic carbocycles. The first-order chi connectivity index (χ1) is 17.7. The number of hydrogen-bond donors (Lipinski definition) is 3. The van der Waals surface area contributed by atoms with Gasteiger partial charge in [-0.05, 0) is 87.6 Å². The van der Waals surface area contributed by atoms with Crippen LogP contribution in [0.1, 0.15) is 83.5 Å². The molecule has 0 aromatic heterocycles. The number of unbranched alkanes of at least 4 members (excludes halogenated alkanes) is 5. The molecular weight excluding hydrogens is 468 g/mol. The smallest absolute Gasteiger partial charge is 0.211 e. The fourth-order valence-electron chi connectivity index (χ4n) is 6.11. The van der Waals surface area contributed by atoms with Gasteiger partial charge in [0.05, 0.1) is 6.04 Å². The van der Waals surface area contributed by atoms with E-state index in [0.717, 1.165) is 74.3 Å². The Labute approximate surface area is 222 Å². The summed E-state index contributed by atoms with van der Waals surface area (Å²) in [7, 11) is 0. The number of hydrogen-bond acceptors (Lipinski definition) is 4. The van der Waals surface area contributed by atoms with Gasteiger partial charge in [-0.2, -0.15) is 0 Å². The summed E-state index contributed by atoms with van der Waals surface area (Å²) in [5, 5.41) is 11.1. The predicted octanol–water partition coefficient (Wildman–Crippen LogP) is 6.20. The zero-order valence-electron chi connectivity index (χ0n) is 21.7. The van der Waals surface area contributed by atoms with E-state index in [-0.39, 0.29) is 6.04 Å². The zero-order chi connectivity index (χ0) is 25.2. The molecular formula is C30H43ClN4O. The number of nitrogens with zero attached hydrogens (tertiary/aromatic N) is 1. The number of carbonyl (C=O) groups excluding carboxylic acids is 1. The van der Waals surface area contributed by atoms with Crippen LogP contribution in [0.25, 0.3) is 0 Å². The number of aliphatic imine (C=N–C) groups is 1. The summed E-state index contributed by atoms with van der Waals surface area (Å²) >= 11 is 6.29. The third kappa shape index (κ3) is 7.01. The quantitative estimate of drug-likeness (QED) is 0.204.